The summed E-state index contributed by atoms with van der Waals surface area (Å²) in [6.45, 7) is -2.93. The molecule has 1 nitrogen and oxygen atoms in total. The summed E-state index contributed by atoms with van der Waals surface area (Å²) in [6.07, 6.45) is 0. The van der Waals surface area contributed by atoms with Crippen molar-refractivity contribution in [2.45, 2.75) is 11.9 Å². The van der Waals surface area contributed by atoms with Crippen LogP contribution in [0.4, 0.5) is 13.2 Å². The van der Waals surface area contributed by atoms with Gasteiger partial charge >= 0.3 is 6.61 Å². The molecule has 0 saturated heterocycles. The summed E-state index contributed by atoms with van der Waals surface area (Å²) in [4.78, 5) is 0. The van der Waals surface area contributed by atoms with Gasteiger partial charge in [0.25, 0.3) is 0 Å². The van der Waals surface area contributed by atoms with Crippen LogP contribution in [0.25, 0.3) is 0 Å². The van der Waals surface area contributed by atoms with Gasteiger partial charge in [0.2, 0.25) is 0 Å². The third-order valence-corrected chi connectivity index (χ3v) is 1.99. The molecule has 1 aromatic rings. The molecule has 0 aliphatic rings. The van der Waals surface area contributed by atoms with E-state index in [1.807, 2.05) is 0 Å². The van der Waals surface area contributed by atoms with Crippen molar-refractivity contribution < 1.29 is 17.9 Å². The van der Waals surface area contributed by atoms with Crippen LogP contribution in [0.5, 0.6) is 5.75 Å². The van der Waals surface area contributed by atoms with Crippen molar-refractivity contribution in [1.29, 1.82) is 0 Å². The number of hydrogen-bond donors (Lipinski definition) is 0. The highest BCUT2D eigenvalue weighted by Crippen LogP contribution is 2.23. The fourth-order valence-corrected chi connectivity index (χ4v) is 1.31. The van der Waals surface area contributed by atoms with E-state index in [-0.39, 0.29) is 5.75 Å². The number of benzene rings is 1. The van der Waals surface area contributed by atoms with Gasteiger partial charge in [0.05, 0.1) is 0 Å². The molecule has 0 aliphatic carbocycles. The van der Waals surface area contributed by atoms with E-state index < -0.39 is 12.4 Å². The summed E-state index contributed by atoms with van der Waals surface area (Å²) in [5.74, 6) is -0.729. The summed E-state index contributed by atoms with van der Waals surface area (Å²) >= 11 is 3.08. The highest BCUT2D eigenvalue weighted by atomic mass is 79.9. The molecular weight excluding hydrogens is 249 g/mol. The molecule has 72 valence electrons. The fourth-order valence-electron chi connectivity index (χ4n) is 0.844. The van der Waals surface area contributed by atoms with Gasteiger partial charge in [-0.1, -0.05) is 22.0 Å². The Balaban J connectivity index is 2.94. The van der Waals surface area contributed by atoms with E-state index in [4.69, 9.17) is 0 Å². The molecule has 0 atom stereocenters. The van der Waals surface area contributed by atoms with Crippen LogP contribution in [-0.4, -0.2) is 6.61 Å². The summed E-state index contributed by atoms with van der Waals surface area (Å²) in [6, 6.07) is 3.51. The van der Waals surface area contributed by atoms with Gasteiger partial charge in [0.15, 0.2) is 0 Å². The van der Waals surface area contributed by atoms with Crippen LogP contribution in [0, 0.1) is 5.82 Å². The Kier molecular flexibility index (Phi) is 3.59. The van der Waals surface area contributed by atoms with Crippen molar-refractivity contribution >= 4 is 15.9 Å². The topological polar surface area (TPSA) is 9.23 Å². The van der Waals surface area contributed by atoms with Crippen molar-refractivity contribution in [3.63, 3.8) is 0 Å². The van der Waals surface area contributed by atoms with E-state index in [0.717, 1.165) is 6.07 Å². The lowest BCUT2D eigenvalue weighted by Crippen LogP contribution is -2.04. The highest BCUT2D eigenvalue weighted by molar-refractivity contribution is 9.08. The zero-order valence-electron chi connectivity index (χ0n) is 6.44. The molecule has 0 aromatic heterocycles. The zero-order chi connectivity index (χ0) is 9.84. The maximum atomic E-state index is 12.6. The summed E-state index contributed by atoms with van der Waals surface area (Å²) in [7, 11) is 0. The molecule has 0 unspecified atom stereocenters. The first-order valence-corrected chi connectivity index (χ1v) is 4.55. The number of ether oxygens (including phenoxy) is 1. The standard InChI is InChI=1S/C8H6BrF3O/c9-4-5-1-2-6(10)3-7(5)13-8(11)12/h1-3,8H,4H2. The lowest BCUT2D eigenvalue weighted by molar-refractivity contribution is -0.0504. The Morgan fingerprint density at radius 1 is 1.38 bits per heavy atom. The van der Waals surface area contributed by atoms with Crippen molar-refractivity contribution in [3.8, 4) is 5.75 Å². The van der Waals surface area contributed by atoms with Gasteiger partial charge < -0.3 is 4.74 Å². The van der Waals surface area contributed by atoms with E-state index in [0.29, 0.717) is 10.9 Å². The average molecular weight is 255 g/mol. The van der Waals surface area contributed by atoms with Crippen LogP contribution in [-0.2, 0) is 5.33 Å². The van der Waals surface area contributed by atoms with Crippen molar-refractivity contribution in [2.75, 3.05) is 0 Å². The van der Waals surface area contributed by atoms with Gasteiger partial charge in [-0.3, -0.25) is 0 Å². The smallest absolute Gasteiger partial charge is 0.387 e. The quantitative estimate of drug-likeness (QED) is 0.753. The Labute approximate surface area is 81.6 Å². The second-order valence-corrected chi connectivity index (χ2v) is 2.82. The van der Waals surface area contributed by atoms with Gasteiger partial charge in [-0.2, -0.15) is 8.78 Å². The Morgan fingerprint density at radius 2 is 2.08 bits per heavy atom. The van der Waals surface area contributed by atoms with Crippen molar-refractivity contribution in [3.05, 3.63) is 29.6 Å². The second-order valence-electron chi connectivity index (χ2n) is 2.26. The monoisotopic (exact) mass is 254 g/mol. The highest BCUT2D eigenvalue weighted by Gasteiger charge is 2.09. The molecule has 1 aromatic carbocycles. The van der Waals surface area contributed by atoms with Gasteiger partial charge in [0.1, 0.15) is 11.6 Å². The molecule has 0 radical (unpaired) electrons. The summed E-state index contributed by atoms with van der Waals surface area (Å²) in [5.41, 5.74) is 0.488. The predicted octanol–water partition coefficient (Wildman–Crippen LogP) is 3.32. The van der Waals surface area contributed by atoms with E-state index in [2.05, 4.69) is 20.7 Å². The van der Waals surface area contributed by atoms with Crippen molar-refractivity contribution in [2.24, 2.45) is 0 Å². The minimum absolute atomic E-state index is 0.133. The lowest BCUT2D eigenvalue weighted by Gasteiger charge is -2.08. The Hall–Kier alpha value is -0.710. The van der Waals surface area contributed by atoms with Crippen LogP contribution in [0.1, 0.15) is 5.56 Å². The van der Waals surface area contributed by atoms with Crippen molar-refractivity contribution in [1.82, 2.24) is 0 Å². The fraction of sp³-hybridized carbons (Fsp3) is 0.250. The van der Waals surface area contributed by atoms with Crippen LogP contribution >= 0.6 is 15.9 Å². The molecule has 13 heavy (non-hydrogen) atoms. The second kappa shape index (κ2) is 4.50. The molecule has 0 N–H and O–H groups in total. The van der Waals surface area contributed by atoms with Gasteiger partial charge in [0, 0.05) is 17.0 Å². The van der Waals surface area contributed by atoms with Crippen LogP contribution < -0.4 is 4.74 Å². The maximum Gasteiger partial charge on any atom is 0.387 e. The first-order chi connectivity index (χ1) is 6.13. The number of rotatable bonds is 3. The minimum atomic E-state index is -2.93. The Morgan fingerprint density at radius 3 is 2.62 bits per heavy atom. The molecule has 1 rings (SSSR count). The number of alkyl halides is 3. The lowest BCUT2D eigenvalue weighted by atomic mass is 10.2. The largest absolute Gasteiger partial charge is 0.434 e. The van der Waals surface area contributed by atoms with Crippen LogP contribution in [0.2, 0.25) is 0 Å². The molecule has 0 aliphatic heterocycles. The predicted molar refractivity (Wildman–Crippen MR) is 45.7 cm³/mol. The van der Waals surface area contributed by atoms with Gasteiger partial charge in [-0.15, -0.1) is 0 Å². The molecule has 0 amide bonds. The number of halogens is 4. The van der Waals surface area contributed by atoms with Crippen LogP contribution in [0.3, 0.4) is 0 Å². The maximum absolute atomic E-state index is 12.6. The molecular formula is C8H6BrF3O. The molecule has 5 heteroatoms. The first-order valence-electron chi connectivity index (χ1n) is 3.42. The van der Waals surface area contributed by atoms with Gasteiger partial charge in [-0.25, -0.2) is 4.39 Å². The van der Waals surface area contributed by atoms with E-state index in [9.17, 15) is 13.2 Å². The molecule has 0 spiro atoms. The molecule has 0 fully saturated rings. The first kappa shape index (κ1) is 10.4. The molecule has 0 bridgehead atoms. The Bertz CT molecular complexity index is 291. The summed E-state index contributed by atoms with van der Waals surface area (Å²) in [5, 5.41) is 0.343. The zero-order valence-corrected chi connectivity index (χ0v) is 8.02. The van der Waals surface area contributed by atoms with E-state index >= 15 is 0 Å². The summed E-state index contributed by atoms with van der Waals surface area (Å²) < 4.78 is 40.3. The van der Waals surface area contributed by atoms with Crippen LogP contribution in [0.15, 0.2) is 18.2 Å². The van der Waals surface area contributed by atoms with E-state index in [1.165, 1.54) is 12.1 Å². The average Bonchev–Trinajstić information content (AvgIpc) is 2.03. The molecule has 0 saturated carbocycles. The third kappa shape index (κ3) is 2.91. The normalized spacial score (nSPS) is 10.5. The number of hydrogen-bond acceptors (Lipinski definition) is 1. The third-order valence-electron chi connectivity index (χ3n) is 1.39. The SMILES string of the molecule is Fc1ccc(CBr)c(OC(F)F)c1. The van der Waals surface area contributed by atoms with E-state index in [1.54, 1.807) is 0 Å². The van der Waals surface area contributed by atoms with Gasteiger partial charge in [-0.05, 0) is 6.07 Å². The minimum Gasteiger partial charge on any atom is -0.434 e. The molecule has 0 heterocycles.